The molecule has 2 heterocycles. The number of carbonyl (C=O) groups excluding carboxylic acids is 1. The van der Waals surface area contributed by atoms with E-state index >= 15 is 0 Å². The fourth-order valence-electron chi connectivity index (χ4n) is 3.11. The van der Waals surface area contributed by atoms with Crippen LogP contribution < -0.4 is 4.74 Å². The minimum Gasteiger partial charge on any atom is -0.481 e. The summed E-state index contributed by atoms with van der Waals surface area (Å²) in [6.07, 6.45) is 4.29. The van der Waals surface area contributed by atoms with E-state index in [1.807, 2.05) is 66.2 Å². The molecule has 1 fully saturated rings. The van der Waals surface area contributed by atoms with Crippen LogP contribution in [-0.4, -0.2) is 57.5 Å². The molecule has 1 saturated heterocycles. The Morgan fingerprint density at radius 3 is 2.72 bits per heavy atom. The van der Waals surface area contributed by atoms with Gasteiger partial charge in [-0.15, -0.1) is 0 Å². The van der Waals surface area contributed by atoms with E-state index in [2.05, 4.69) is 9.88 Å². The van der Waals surface area contributed by atoms with E-state index < -0.39 is 6.10 Å². The molecule has 0 bridgehead atoms. The van der Waals surface area contributed by atoms with Crippen molar-refractivity contribution < 1.29 is 9.53 Å². The normalized spacial score (nSPS) is 17.1. The lowest BCUT2D eigenvalue weighted by Crippen LogP contribution is -2.42. The molecule has 0 aliphatic carbocycles. The molecule has 3 rings (SSSR count). The molecule has 1 aliphatic rings. The lowest BCUT2D eigenvalue weighted by molar-refractivity contribution is -0.137. The zero-order valence-corrected chi connectivity index (χ0v) is 15.0. The number of aromatic nitrogens is 2. The van der Waals surface area contributed by atoms with Crippen LogP contribution in [0.15, 0.2) is 42.7 Å². The summed E-state index contributed by atoms with van der Waals surface area (Å²) in [5.74, 6) is 1.85. The average molecular weight is 342 g/mol. The second-order valence-corrected chi connectivity index (χ2v) is 6.48. The highest BCUT2D eigenvalue weighted by molar-refractivity contribution is 5.81. The lowest BCUT2D eigenvalue weighted by atomic mass is 10.3. The van der Waals surface area contributed by atoms with E-state index in [1.54, 1.807) is 0 Å². The quantitative estimate of drug-likeness (QED) is 0.833. The molecule has 6 heteroatoms. The van der Waals surface area contributed by atoms with Gasteiger partial charge in [0.2, 0.25) is 0 Å². The zero-order chi connectivity index (χ0) is 17.6. The van der Waals surface area contributed by atoms with E-state index in [0.29, 0.717) is 0 Å². The predicted molar refractivity (Wildman–Crippen MR) is 96.2 cm³/mol. The largest absolute Gasteiger partial charge is 0.481 e. The molecule has 0 N–H and O–H groups in total. The van der Waals surface area contributed by atoms with Crippen molar-refractivity contribution in [3.63, 3.8) is 0 Å². The molecule has 25 heavy (non-hydrogen) atoms. The Labute approximate surface area is 149 Å². The van der Waals surface area contributed by atoms with Crippen molar-refractivity contribution in [2.45, 2.75) is 26.0 Å². The van der Waals surface area contributed by atoms with Crippen molar-refractivity contribution in [1.29, 1.82) is 0 Å². The minimum atomic E-state index is -0.469. The number of amides is 1. The Kier molecular flexibility index (Phi) is 5.71. The van der Waals surface area contributed by atoms with Crippen LogP contribution >= 0.6 is 0 Å². The Balaban J connectivity index is 1.53. The van der Waals surface area contributed by atoms with E-state index in [4.69, 9.17) is 4.74 Å². The van der Waals surface area contributed by atoms with Crippen LogP contribution in [0.1, 0.15) is 19.2 Å². The van der Waals surface area contributed by atoms with E-state index in [0.717, 1.165) is 50.7 Å². The summed E-state index contributed by atoms with van der Waals surface area (Å²) >= 11 is 0. The van der Waals surface area contributed by atoms with Crippen LogP contribution in [0.25, 0.3) is 0 Å². The van der Waals surface area contributed by atoms with Gasteiger partial charge in [0.15, 0.2) is 6.10 Å². The maximum atomic E-state index is 12.7. The SMILES string of the molecule is CC(Oc1ccccc1)C(=O)N1CCCN(Cc2nccn2C)CC1. The summed E-state index contributed by atoms with van der Waals surface area (Å²) < 4.78 is 7.83. The summed E-state index contributed by atoms with van der Waals surface area (Å²) in [6.45, 7) is 5.98. The van der Waals surface area contributed by atoms with Gasteiger partial charge in [0.05, 0.1) is 6.54 Å². The molecule has 1 atom stereocenters. The molecule has 134 valence electrons. The van der Waals surface area contributed by atoms with Gasteiger partial charge < -0.3 is 14.2 Å². The third kappa shape index (κ3) is 4.60. The third-order valence-electron chi connectivity index (χ3n) is 4.59. The van der Waals surface area contributed by atoms with Gasteiger partial charge in [-0.3, -0.25) is 9.69 Å². The number of benzene rings is 1. The summed E-state index contributed by atoms with van der Waals surface area (Å²) in [7, 11) is 2.01. The number of rotatable bonds is 5. The van der Waals surface area contributed by atoms with Crippen LogP contribution in [0.2, 0.25) is 0 Å². The van der Waals surface area contributed by atoms with Crippen LogP contribution in [0.4, 0.5) is 0 Å². The Bertz CT molecular complexity index is 686. The molecule has 1 aromatic carbocycles. The standard InChI is InChI=1S/C19H26N4O2/c1-16(25-17-7-4-3-5-8-17)19(24)23-11-6-10-22(13-14-23)15-18-20-9-12-21(18)2/h3-5,7-9,12,16H,6,10-11,13-15H2,1-2H3. The van der Waals surface area contributed by atoms with E-state index in [1.165, 1.54) is 0 Å². The molecule has 1 amide bonds. The maximum absolute atomic E-state index is 12.7. The van der Waals surface area contributed by atoms with Gasteiger partial charge in [0.1, 0.15) is 11.6 Å². The fraction of sp³-hybridized carbons (Fsp3) is 0.474. The second-order valence-electron chi connectivity index (χ2n) is 6.48. The van der Waals surface area contributed by atoms with Gasteiger partial charge in [-0.05, 0) is 25.5 Å². The highest BCUT2D eigenvalue weighted by atomic mass is 16.5. The smallest absolute Gasteiger partial charge is 0.263 e. The molecule has 1 aliphatic heterocycles. The first-order valence-corrected chi connectivity index (χ1v) is 8.82. The van der Waals surface area contributed by atoms with Crippen molar-refractivity contribution in [2.75, 3.05) is 26.2 Å². The average Bonchev–Trinajstić information content (AvgIpc) is 2.88. The van der Waals surface area contributed by atoms with Crippen LogP contribution in [0.3, 0.4) is 0 Å². The second kappa shape index (κ2) is 8.16. The van der Waals surface area contributed by atoms with Crippen LogP contribution in [0.5, 0.6) is 5.75 Å². The van der Waals surface area contributed by atoms with Crippen molar-refractivity contribution in [3.8, 4) is 5.75 Å². The third-order valence-corrected chi connectivity index (χ3v) is 4.59. The lowest BCUT2D eigenvalue weighted by Gasteiger charge is -2.25. The number of imidazole rings is 1. The number of carbonyl (C=O) groups is 1. The number of hydrogen-bond acceptors (Lipinski definition) is 4. The van der Waals surface area contributed by atoms with Crippen molar-refractivity contribution in [3.05, 3.63) is 48.5 Å². The van der Waals surface area contributed by atoms with Crippen LogP contribution in [0, 0.1) is 0 Å². The minimum absolute atomic E-state index is 0.0581. The highest BCUT2D eigenvalue weighted by Crippen LogP contribution is 2.14. The summed E-state index contributed by atoms with van der Waals surface area (Å²) in [4.78, 5) is 21.4. The number of aryl methyl sites for hydroxylation is 1. The maximum Gasteiger partial charge on any atom is 0.263 e. The molecule has 1 aromatic heterocycles. The van der Waals surface area contributed by atoms with Gasteiger partial charge in [-0.1, -0.05) is 18.2 Å². The van der Waals surface area contributed by atoms with Gasteiger partial charge >= 0.3 is 0 Å². The van der Waals surface area contributed by atoms with E-state index in [-0.39, 0.29) is 5.91 Å². The first-order chi connectivity index (χ1) is 12.1. The first-order valence-electron chi connectivity index (χ1n) is 8.82. The number of ether oxygens (including phenoxy) is 1. The number of nitrogens with zero attached hydrogens (tertiary/aromatic N) is 4. The van der Waals surface area contributed by atoms with Crippen molar-refractivity contribution in [2.24, 2.45) is 7.05 Å². The Hall–Kier alpha value is -2.34. The topological polar surface area (TPSA) is 50.6 Å². The van der Waals surface area contributed by atoms with Crippen molar-refractivity contribution in [1.82, 2.24) is 19.4 Å². The van der Waals surface area contributed by atoms with Crippen LogP contribution in [-0.2, 0) is 18.4 Å². The highest BCUT2D eigenvalue weighted by Gasteiger charge is 2.25. The summed E-state index contributed by atoms with van der Waals surface area (Å²) in [6, 6.07) is 9.51. The van der Waals surface area contributed by atoms with Gasteiger partial charge in [-0.2, -0.15) is 0 Å². The summed E-state index contributed by atoms with van der Waals surface area (Å²) in [5.41, 5.74) is 0. The molecule has 0 spiro atoms. The first kappa shape index (κ1) is 17.5. The van der Waals surface area contributed by atoms with Gasteiger partial charge in [0, 0.05) is 45.6 Å². The predicted octanol–water partition coefficient (Wildman–Crippen LogP) is 1.92. The van der Waals surface area contributed by atoms with E-state index in [9.17, 15) is 4.79 Å². The zero-order valence-electron chi connectivity index (χ0n) is 15.0. The molecule has 6 nitrogen and oxygen atoms in total. The molecule has 2 aromatic rings. The number of hydrogen-bond donors (Lipinski definition) is 0. The number of para-hydroxylation sites is 1. The monoisotopic (exact) mass is 342 g/mol. The van der Waals surface area contributed by atoms with Gasteiger partial charge in [0.25, 0.3) is 5.91 Å². The molecule has 1 unspecified atom stereocenters. The Morgan fingerprint density at radius 2 is 2.00 bits per heavy atom. The summed E-state index contributed by atoms with van der Waals surface area (Å²) in [5, 5.41) is 0. The molecular formula is C19H26N4O2. The molecule has 0 radical (unpaired) electrons. The molecule has 0 saturated carbocycles. The Morgan fingerprint density at radius 1 is 1.20 bits per heavy atom. The fourth-order valence-corrected chi connectivity index (χ4v) is 3.11. The van der Waals surface area contributed by atoms with Gasteiger partial charge in [-0.25, -0.2) is 4.98 Å². The van der Waals surface area contributed by atoms with Crippen molar-refractivity contribution >= 4 is 5.91 Å². The molecular weight excluding hydrogens is 316 g/mol.